The van der Waals surface area contributed by atoms with Crippen LogP contribution < -0.4 is 4.74 Å². The minimum Gasteiger partial charge on any atom is -0.497 e. The normalized spacial score (nSPS) is 19.0. The van der Waals surface area contributed by atoms with Crippen molar-refractivity contribution in [1.82, 2.24) is 9.21 Å². The number of benzene rings is 2. The number of nitrogens with zero attached hydrogens (tertiary/aromatic N) is 2. The van der Waals surface area contributed by atoms with Crippen molar-refractivity contribution in [2.45, 2.75) is 29.9 Å². The van der Waals surface area contributed by atoms with Gasteiger partial charge in [-0.2, -0.15) is 4.31 Å². The number of methoxy groups -OCH3 is 1. The van der Waals surface area contributed by atoms with Gasteiger partial charge in [-0.25, -0.2) is 8.42 Å². The molecule has 4 rings (SSSR count). The van der Waals surface area contributed by atoms with Crippen LogP contribution in [0.15, 0.2) is 53.4 Å². The standard InChI is InChI=1S/C22H25ClN2O5S/c1-29-19-6-8-20(9-7-19)31(27,28)25-14-15-30-22(25)10-12-24(13-11-22)21(26)16-17-2-4-18(23)5-3-17/h2-9H,10-16H2,1H3. The Kier molecular flexibility index (Phi) is 6.25. The lowest BCUT2D eigenvalue weighted by molar-refractivity contribution is -0.139. The van der Waals surface area contributed by atoms with Gasteiger partial charge in [-0.15, -0.1) is 0 Å². The summed E-state index contributed by atoms with van der Waals surface area (Å²) in [6.07, 6.45) is 1.17. The minimum atomic E-state index is -3.73. The summed E-state index contributed by atoms with van der Waals surface area (Å²) in [4.78, 5) is 14.7. The Bertz CT molecular complexity index is 1030. The Balaban J connectivity index is 1.45. The van der Waals surface area contributed by atoms with Crippen LogP contribution in [0, 0.1) is 0 Å². The van der Waals surface area contributed by atoms with Crippen LogP contribution in [0.4, 0.5) is 0 Å². The molecule has 0 aromatic heterocycles. The fourth-order valence-electron chi connectivity index (χ4n) is 4.20. The van der Waals surface area contributed by atoms with E-state index in [1.54, 1.807) is 41.3 Å². The molecule has 0 aliphatic carbocycles. The monoisotopic (exact) mass is 464 g/mol. The average Bonchev–Trinajstić information content (AvgIpc) is 3.19. The third-order valence-electron chi connectivity index (χ3n) is 5.93. The summed E-state index contributed by atoms with van der Waals surface area (Å²) >= 11 is 5.91. The van der Waals surface area contributed by atoms with Crippen LogP contribution >= 0.6 is 11.6 Å². The number of amides is 1. The Labute approximate surface area is 187 Å². The summed E-state index contributed by atoms with van der Waals surface area (Å²) in [5, 5.41) is 0.632. The SMILES string of the molecule is COc1ccc(S(=O)(=O)N2CCOC23CCN(C(=O)Cc2ccc(Cl)cc2)CC3)cc1. The van der Waals surface area contributed by atoms with Gasteiger partial charge in [0.15, 0.2) is 0 Å². The van der Waals surface area contributed by atoms with Crippen LogP contribution in [0.1, 0.15) is 18.4 Å². The van der Waals surface area contributed by atoms with Gasteiger partial charge in [0, 0.05) is 37.5 Å². The number of hydrogen-bond donors (Lipinski definition) is 0. The van der Waals surface area contributed by atoms with E-state index in [1.165, 1.54) is 11.4 Å². The van der Waals surface area contributed by atoms with Gasteiger partial charge in [0.2, 0.25) is 15.9 Å². The molecule has 7 nitrogen and oxygen atoms in total. The Morgan fingerprint density at radius 3 is 2.32 bits per heavy atom. The second kappa shape index (κ2) is 8.78. The number of ether oxygens (including phenoxy) is 2. The first kappa shape index (κ1) is 22.1. The maximum Gasteiger partial charge on any atom is 0.245 e. The van der Waals surface area contributed by atoms with Crippen molar-refractivity contribution in [3.05, 3.63) is 59.1 Å². The highest BCUT2D eigenvalue weighted by atomic mass is 35.5. The molecular weight excluding hydrogens is 440 g/mol. The minimum absolute atomic E-state index is 0.0136. The lowest BCUT2D eigenvalue weighted by Crippen LogP contribution is -2.55. The van der Waals surface area contributed by atoms with E-state index in [0.29, 0.717) is 56.3 Å². The van der Waals surface area contributed by atoms with E-state index in [2.05, 4.69) is 0 Å². The lowest BCUT2D eigenvalue weighted by Gasteiger charge is -2.42. The molecule has 0 bridgehead atoms. The van der Waals surface area contributed by atoms with Crippen molar-refractivity contribution >= 4 is 27.5 Å². The average molecular weight is 465 g/mol. The van der Waals surface area contributed by atoms with E-state index in [4.69, 9.17) is 21.1 Å². The molecule has 1 amide bonds. The third-order valence-corrected chi connectivity index (χ3v) is 8.15. The molecule has 1 spiro atoms. The number of sulfonamides is 1. The highest BCUT2D eigenvalue weighted by Crippen LogP contribution is 2.38. The molecule has 2 heterocycles. The first-order valence-electron chi connectivity index (χ1n) is 10.2. The van der Waals surface area contributed by atoms with Crippen LogP contribution in [-0.4, -0.2) is 62.6 Å². The van der Waals surface area contributed by atoms with Crippen molar-refractivity contribution in [3.8, 4) is 5.75 Å². The summed E-state index contributed by atoms with van der Waals surface area (Å²) < 4.78 is 39.2. The Hall–Kier alpha value is -2.13. The summed E-state index contributed by atoms with van der Waals surface area (Å²) in [6.45, 7) is 1.53. The zero-order chi connectivity index (χ0) is 22.1. The summed E-state index contributed by atoms with van der Waals surface area (Å²) in [5.41, 5.74) is -0.00831. The molecule has 166 valence electrons. The number of rotatable bonds is 5. The molecule has 2 aromatic carbocycles. The van der Waals surface area contributed by atoms with E-state index >= 15 is 0 Å². The second-order valence-corrected chi connectivity index (χ2v) is 10.0. The molecule has 0 radical (unpaired) electrons. The smallest absolute Gasteiger partial charge is 0.245 e. The van der Waals surface area contributed by atoms with Crippen LogP contribution in [0.3, 0.4) is 0 Å². The van der Waals surface area contributed by atoms with Crippen LogP contribution in [0.2, 0.25) is 5.02 Å². The summed E-state index contributed by atoms with van der Waals surface area (Å²) in [5.74, 6) is 0.610. The van der Waals surface area contributed by atoms with E-state index in [-0.39, 0.29) is 10.8 Å². The molecule has 0 unspecified atom stereocenters. The zero-order valence-electron chi connectivity index (χ0n) is 17.3. The van der Waals surface area contributed by atoms with Crippen molar-refractivity contribution in [2.24, 2.45) is 0 Å². The van der Waals surface area contributed by atoms with Gasteiger partial charge >= 0.3 is 0 Å². The summed E-state index contributed by atoms with van der Waals surface area (Å²) in [7, 11) is -2.19. The van der Waals surface area contributed by atoms with Gasteiger partial charge in [0.25, 0.3) is 0 Å². The van der Waals surface area contributed by atoms with Crippen molar-refractivity contribution in [1.29, 1.82) is 0 Å². The van der Waals surface area contributed by atoms with Crippen molar-refractivity contribution < 1.29 is 22.7 Å². The Morgan fingerprint density at radius 2 is 1.71 bits per heavy atom. The Morgan fingerprint density at radius 1 is 1.06 bits per heavy atom. The number of carbonyl (C=O) groups is 1. The van der Waals surface area contributed by atoms with E-state index in [9.17, 15) is 13.2 Å². The highest BCUT2D eigenvalue weighted by Gasteiger charge is 2.50. The molecule has 9 heteroatoms. The molecule has 2 aromatic rings. The second-order valence-electron chi connectivity index (χ2n) is 7.73. The van der Waals surface area contributed by atoms with Gasteiger partial charge in [-0.05, 0) is 42.0 Å². The van der Waals surface area contributed by atoms with E-state index in [1.807, 2.05) is 12.1 Å². The molecule has 2 saturated heterocycles. The van der Waals surface area contributed by atoms with Gasteiger partial charge < -0.3 is 14.4 Å². The molecule has 2 aliphatic heterocycles. The van der Waals surface area contributed by atoms with E-state index < -0.39 is 15.7 Å². The van der Waals surface area contributed by atoms with Gasteiger partial charge in [0.05, 0.1) is 25.0 Å². The van der Waals surface area contributed by atoms with Crippen LogP contribution in [0.25, 0.3) is 0 Å². The number of hydrogen-bond acceptors (Lipinski definition) is 5. The number of carbonyl (C=O) groups excluding carboxylic acids is 1. The largest absolute Gasteiger partial charge is 0.497 e. The topological polar surface area (TPSA) is 76.2 Å². The number of likely N-dealkylation sites (tertiary alicyclic amines) is 1. The lowest BCUT2D eigenvalue weighted by atomic mass is 10.00. The maximum atomic E-state index is 13.3. The van der Waals surface area contributed by atoms with Crippen molar-refractivity contribution in [3.63, 3.8) is 0 Å². The highest BCUT2D eigenvalue weighted by molar-refractivity contribution is 7.89. The quantitative estimate of drug-likeness (QED) is 0.680. The summed E-state index contributed by atoms with van der Waals surface area (Å²) in [6, 6.07) is 13.6. The predicted octanol–water partition coefficient (Wildman–Crippen LogP) is 2.93. The first-order valence-corrected chi connectivity index (χ1v) is 12.0. The predicted molar refractivity (Wildman–Crippen MR) is 117 cm³/mol. The van der Waals surface area contributed by atoms with Crippen LogP contribution in [-0.2, 0) is 26.0 Å². The molecule has 31 heavy (non-hydrogen) atoms. The van der Waals surface area contributed by atoms with Gasteiger partial charge in [-0.1, -0.05) is 23.7 Å². The zero-order valence-corrected chi connectivity index (χ0v) is 18.9. The fourth-order valence-corrected chi connectivity index (χ4v) is 6.05. The van der Waals surface area contributed by atoms with Gasteiger partial charge in [-0.3, -0.25) is 4.79 Å². The molecule has 0 atom stereocenters. The molecule has 0 N–H and O–H groups in total. The first-order chi connectivity index (χ1) is 14.8. The van der Waals surface area contributed by atoms with Crippen molar-refractivity contribution in [2.75, 3.05) is 33.4 Å². The number of halogens is 1. The molecular formula is C22H25ClN2O5S. The van der Waals surface area contributed by atoms with E-state index in [0.717, 1.165) is 5.56 Å². The van der Waals surface area contributed by atoms with Gasteiger partial charge in [0.1, 0.15) is 11.5 Å². The van der Waals surface area contributed by atoms with Crippen LogP contribution in [0.5, 0.6) is 5.75 Å². The maximum absolute atomic E-state index is 13.3. The molecule has 2 fully saturated rings. The molecule has 0 saturated carbocycles. The molecule has 2 aliphatic rings. The fraction of sp³-hybridized carbons (Fsp3) is 0.409. The third kappa shape index (κ3) is 4.43. The number of piperidine rings is 1.